The molecule has 6 heteroatoms. The average Bonchev–Trinajstić information content (AvgIpc) is 3.23. The first-order valence-electron chi connectivity index (χ1n) is 10.1. The monoisotopic (exact) mass is 395 g/mol. The molecule has 1 saturated heterocycles. The third kappa shape index (κ3) is 4.32. The van der Waals surface area contributed by atoms with Gasteiger partial charge in [0, 0.05) is 45.8 Å². The summed E-state index contributed by atoms with van der Waals surface area (Å²) in [6, 6.07) is 16.8. The molecule has 0 spiro atoms. The maximum absolute atomic E-state index is 5.67. The Kier molecular flexibility index (Phi) is 5.90. The summed E-state index contributed by atoms with van der Waals surface area (Å²) in [6.45, 7) is 3.41. The molecule has 1 fully saturated rings. The maximum atomic E-state index is 5.67. The van der Waals surface area contributed by atoms with E-state index in [1.54, 1.807) is 0 Å². The standard InChI is InChI=1S/C23H29N3O3/c1-24-22(26(2)15-18-6-4-3-5-7-18)25-16-23(10-12-27-13-11-23)19-8-9-20-21(14-19)29-17-28-20/h3-9,14H,10-13,15-17H2,1-2H3,(H,24,25). The van der Waals surface area contributed by atoms with E-state index in [9.17, 15) is 0 Å². The molecular formula is C23H29N3O3. The fourth-order valence-electron chi connectivity index (χ4n) is 4.12. The van der Waals surface area contributed by atoms with Gasteiger partial charge in [-0.05, 0) is 36.1 Å². The number of benzene rings is 2. The van der Waals surface area contributed by atoms with E-state index in [2.05, 4.69) is 58.7 Å². The summed E-state index contributed by atoms with van der Waals surface area (Å²) in [5, 5.41) is 3.61. The normalized spacial score (nSPS) is 17.8. The lowest BCUT2D eigenvalue weighted by Crippen LogP contribution is -2.48. The van der Waals surface area contributed by atoms with Gasteiger partial charge in [0.2, 0.25) is 6.79 Å². The minimum Gasteiger partial charge on any atom is -0.454 e. The topological polar surface area (TPSA) is 55.3 Å². The quantitative estimate of drug-likeness (QED) is 0.623. The molecule has 6 nitrogen and oxygen atoms in total. The molecule has 2 aromatic rings. The Labute approximate surface area is 172 Å². The van der Waals surface area contributed by atoms with Crippen LogP contribution in [0.5, 0.6) is 11.5 Å². The summed E-state index contributed by atoms with van der Waals surface area (Å²) < 4.78 is 16.8. The van der Waals surface area contributed by atoms with E-state index in [0.717, 1.165) is 56.6 Å². The molecule has 0 aliphatic carbocycles. The van der Waals surface area contributed by atoms with Crippen molar-refractivity contribution < 1.29 is 14.2 Å². The van der Waals surface area contributed by atoms with Crippen LogP contribution in [0.4, 0.5) is 0 Å². The second kappa shape index (κ2) is 8.74. The van der Waals surface area contributed by atoms with E-state index in [0.29, 0.717) is 6.79 Å². The van der Waals surface area contributed by atoms with E-state index in [-0.39, 0.29) is 5.41 Å². The van der Waals surface area contributed by atoms with Crippen LogP contribution in [0.2, 0.25) is 0 Å². The van der Waals surface area contributed by atoms with Gasteiger partial charge in [0.1, 0.15) is 0 Å². The first kappa shape index (κ1) is 19.6. The Hall–Kier alpha value is -2.73. The van der Waals surface area contributed by atoms with Crippen molar-refractivity contribution >= 4 is 5.96 Å². The number of ether oxygens (including phenoxy) is 3. The second-order valence-electron chi connectivity index (χ2n) is 7.70. The average molecular weight is 396 g/mol. The number of nitrogens with one attached hydrogen (secondary N) is 1. The van der Waals surface area contributed by atoms with Gasteiger partial charge in [0.25, 0.3) is 0 Å². The van der Waals surface area contributed by atoms with E-state index < -0.39 is 0 Å². The third-order valence-electron chi connectivity index (χ3n) is 5.86. The summed E-state index contributed by atoms with van der Waals surface area (Å²) >= 11 is 0. The Morgan fingerprint density at radius 3 is 2.59 bits per heavy atom. The van der Waals surface area contributed by atoms with Gasteiger partial charge in [-0.3, -0.25) is 4.99 Å². The van der Waals surface area contributed by atoms with Crippen LogP contribution in [0.15, 0.2) is 53.5 Å². The molecule has 2 heterocycles. The molecule has 2 aliphatic rings. The van der Waals surface area contributed by atoms with Crippen molar-refractivity contribution in [1.29, 1.82) is 0 Å². The summed E-state index contributed by atoms with van der Waals surface area (Å²) in [5.41, 5.74) is 2.50. The largest absolute Gasteiger partial charge is 0.454 e. The van der Waals surface area contributed by atoms with Crippen molar-refractivity contribution in [1.82, 2.24) is 10.2 Å². The molecule has 0 saturated carbocycles. The van der Waals surface area contributed by atoms with E-state index in [1.807, 2.05) is 19.2 Å². The number of aliphatic imine (C=N–C) groups is 1. The predicted octanol–water partition coefficient (Wildman–Crippen LogP) is 3.17. The van der Waals surface area contributed by atoms with E-state index in [1.165, 1.54) is 11.1 Å². The van der Waals surface area contributed by atoms with E-state index >= 15 is 0 Å². The second-order valence-corrected chi connectivity index (χ2v) is 7.70. The predicted molar refractivity (Wildman–Crippen MR) is 114 cm³/mol. The molecule has 2 aliphatic heterocycles. The van der Waals surface area contributed by atoms with Gasteiger partial charge in [0.05, 0.1) is 0 Å². The number of fused-ring (bicyclic) bond motifs is 1. The van der Waals surface area contributed by atoms with Crippen LogP contribution >= 0.6 is 0 Å². The number of guanidine groups is 1. The molecule has 154 valence electrons. The zero-order valence-corrected chi connectivity index (χ0v) is 17.2. The lowest BCUT2D eigenvalue weighted by atomic mass is 9.74. The first-order valence-corrected chi connectivity index (χ1v) is 10.1. The van der Waals surface area contributed by atoms with Crippen LogP contribution in [-0.4, -0.2) is 51.5 Å². The third-order valence-corrected chi connectivity index (χ3v) is 5.86. The smallest absolute Gasteiger partial charge is 0.231 e. The molecule has 1 N–H and O–H groups in total. The van der Waals surface area contributed by atoms with Crippen molar-refractivity contribution in [3.05, 3.63) is 59.7 Å². The number of hydrogen-bond acceptors (Lipinski definition) is 4. The van der Waals surface area contributed by atoms with Crippen molar-refractivity contribution in [3.8, 4) is 11.5 Å². The van der Waals surface area contributed by atoms with Crippen LogP contribution in [0.25, 0.3) is 0 Å². The molecule has 4 rings (SSSR count). The van der Waals surface area contributed by atoms with E-state index in [4.69, 9.17) is 14.2 Å². The van der Waals surface area contributed by atoms with Gasteiger partial charge in [-0.1, -0.05) is 36.4 Å². The highest BCUT2D eigenvalue weighted by Crippen LogP contribution is 2.40. The fourth-order valence-corrected chi connectivity index (χ4v) is 4.12. The zero-order chi connectivity index (χ0) is 20.1. The Morgan fingerprint density at radius 2 is 1.83 bits per heavy atom. The summed E-state index contributed by atoms with van der Waals surface area (Å²) in [4.78, 5) is 6.66. The van der Waals surface area contributed by atoms with Crippen LogP contribution < -0.4 is 14.8 Å². The van der Waals surface area contributed by atoms with Crippen LogP contribution in [0, 0.1) is 0 Å². The number of rotatable bonds is 5. The molecular weight excluding hydrogens is 366 g/mol. The van der Waals surface area contributed by atoms with Gasteiger partial charge in [-0.2, -0.15) is 0 Å². The highest BCUT2D eigenvalue weighted by Gasteiger charge is 2.36. The van der Waals surface area contributed by atoms with Crippen molar-refractivity contribution in [2.24, 2.45) is 4.99 Å². The molecule has 0 aromatic heterocycles. The molecule has 0 radical (unpaired) electrons. The lowest BCUT2D eigenvalue weighted by Gasteiger charge is -2.39. The highest BCUT2D eigenvalue weighted by molar-refractivity contribution is 5.79. The van der Waals surface area contributed by atoms with Crippen LogP contribution in [0.3, 0.4) is 0 Å². The zero-order valence-electron chi connectivity index (χ0n) is 17.2. The Morgan fingerprint density at radius 1 is 1.07 bits per heavy atom. The molecule has 0 atom stereocenters. The molecule has 2 aromatic carbocycles. The highest BCUT2D eigenvalue weighted by atomic mass is 16.7. The first-order chi connectivity index (χ1) is 14.2. The summed E-state index contributed by atoms with van der Waals surface area (Å²) in [5.74, 6) is 2.54. The van der Waals surface area contributed by atoms with Crippen LogP contribution in [-0.2, 0) is 16.7 Å². The maximum Gasteiger partial charge on any atom is 0.231 e. The van der Waals surface area contributed by atoms with Gasteiger partial charge in [-0.25, -0.2) is 0 Å². The number of hydrogen-bond donors (Lipinski definition) is 1. The molecule has 0 unspecified atom stereocenters. The molecule has 29 heavy (non-hydrogen) atoms. The summed E-state index contributed by atoms with van der Waals surface area (Å²) in [6.07, 6.45) is 1.91. The minimum atomic E-state index is -0.0250. The Bertz CT molecular complexity index is 848. The van der Waals surface area contributed by atoms with Crippen molar-refractivity contribution in [2.75, 3.05) is 40.6 Å². The van der Waals surface area contributed by atoms with Gasteiger partial charge < -0.3 is 24.4 Å². The summed E-state index contributed by atoms with van der Waals surface area (Å²) in [7, 11) is 3.90. The fraction of sp³-hybridized carbons (Fsp3) is 0.435. The SMILES string of the molecule is CN=C(NCC1(c2ccc3c(c2)OCO3)CCOCC1)N(C)Cc1ccccc1. The lowest BCUT2D eigenvalue weighted by molar-refractivity contribution is 0.0511. The van der Waals surface area contributed by atoms with Crippen LogP contribution in [0.1, 0.15) is 24.0 Å². The minimum absolute atomic E-state index is 0.0250. The molecule has 0 bridgehead atoms. The van der Waals surface area contributed by atoms with Gasteiger partial charge in [-0.15, -0.1) is 0 Å². The van der Waals surface area contributed by atoms with Crippen molar-refractivity contribution in [2.45, 2.75) is 24.8 Å². The van der Waals surface area contributed by atoms with Gasteiger partial charge >= 0.3 is 0 Å². The van der Waals surface area contributed by atoms with Gasteiger partial charge in [0.15, 0.2) is 17.5 Å². The Balaban J connectivity index is 1.49. The number of nitrogens with zero attached hydrogens (tertiary/aromatic N) is 2. The van der Waals surface area contributed by atoms with Crippen molar-refractivity contribution in [3.63, 3.8) is 0 Å². The molecule has 0 amide bonds.